The number of carbonyl (C=O) groups excluding carboxylic acids is 1. The molecule has 0 aliphatic carbocycles. The quantitative estimate of drug-likeness (QED) is 0.484. The Morgan fingerprint density at radius 2 is 1.87 bits per heavy atom. The lowest BCUT2D eigenvalue weighted by Crippen LogP contribution is -2.28. The van der Waals surface area contributed by atoms with E-state index in [1.807, 2.05) is 19.1 Å². The van der Waals surface area contributed by atoms with Crippen LogP contribution in [0.15, 0.2) is 47.1 Å². The van der Waals surface area contributed by atoms with Crippen molar-refractivity contribution in [3.63, 3.8) is 0 Å². The molecular weight excluding hydrogens is 422 g/mol. The normalized spacial score (nSPS) is 15.4. The van der Waals surface area contributed by atoms with Crippen molar-refractivity contribution in [2.75, 3.05) is 18.4 Å². The Labute approximate surface area is 183 Å². The van der Waals surface area contributed by atoms with Crippen LogP contribution in [0.4, 0.5) is 13.8 Å². The number of furan rings is 1. The number of benzene rings is 1. The van der Waals surface area contributed by atoms with Gasteiger partial charge in [-0.2, -0.15) is 8.78 Å². The number of aryl methyl sites for hydroxylation is 1. The highest BCUT2D eigenvalue weighted by molar-refractivity contribution is 7.16. The van der Waals surface area contributed by atoms with E-state index in [1.165, 1.54) is 17.6 Å². The van der Waals surface area contributed by atoms with E-state index >= 15 is 0 Å². The second kappa shape index (κ2) is 9.20. The zero-order valence-electron chi connectivity index (χ0n) is 17.4. The third-order valence-electron chi connectivity index (χ3n) is 5.60. The maximum Gasteiger partial charge on any atom is 0.387 e. The molecule has 164 valence electrons. The molecule has 1 atom stereocenters. The molecule has 1 fully saturated rings. The SMILES string of the molecule is Cc1sc(NC(=O)c2ccco2)c(C(c2ccc(OC(F)F)cc2)N2CCCC2)c1C. The van der Waals surface area contributed by atoms with Crippen LogP contribution in [0.25, 0.3) is 0 Å². The summed E-state index contributed by atoms with van der Waals surface area (Å²) in [6.07, 6.45) is 3.66. The van der Waals surface area contributed by atoms with E-state index in [0.717, 1.165) is 52.5 Å². The van der Waals surface area contributed by atoms with E-state index in [9.17, 15) is 13.6 Å². The Bertz CT molecular complexity index is 1030. The fourth-order valence-corrected chi connectivity index (χ4v) is 5.12. The van der Waals surface area contributed by atoms with Crippen molar-refractivity contribution in [2.45, 2.75) is 39.3 Å². The molecule has 0 radical (unpaired) electrons. The second-order valence-corrected chi connectivity index (χ2v) is 8.78. The standard InChI is InChI=1S/C23H24F2N2O3S/c1-14-15(2)31-22(26-21(28)18-6-5-13-29-18)19(14)20(27-11-3-4-12-27)16-7-9-17(10-8-16)30-23(24)25/h5-10,13,20,23H,3-4,11-12H2,1-2H3,(H,26,28). The summed E-state index contributed by atoms with van der Waals surface area (Å²) in [6.45, 7) is 3.10. The number of likely N-dealkylation sites (tertiary alicyclic amines) is 1. The van der Waals surface area contributed by atoms with Gasteiger partial charge in [-0.15, -0.1) is 11.3 Å². The minimum Gasteiger partial charge on any atom is -0.459 e. The number of thiophene rings is 1. The average Bonchev–Trinajstić information content (AvgIpc) is 3.49. The molecule has 5 nitrogen and oxygen atoms in total. The summed E-state index contributed by atoms with van der Waals surface area (Å²) in [6, 6.07) is 10.00. The van der Waals surface area contributed by atoms with Gasteiger partial charge in [0.2, 0.25) is 0 Å². The van der Waals surface area contributed by atoms with Crippen molar-refractivity contribution in [1.29, 1.82) is 0 Å². The maximum atomic E-state index is 12.7. The monoisotopic (exact) mass is 446 g/mol. The molecule has 8 heteroatoms. The summed E-state index contributed by atoms with van der Waals surface area (Å²) in [5, 5.41) is 3.80. The lowest BCUT2D eigenvalue weighted by atomic mass is 9.95. The zero-order valence-corrected chi connectivity index (χ0v) is 18.2. The molecule has 0 bridgehead atoms. The van der Waals surface area contributed by atoms with Gasteiger partial charge in [0.25, 0.3) is 5.91 Å². The summed E-state index contributed by atoms with van der Waals surface area (Å²) < 4.78 is 34.9. The lowest BCUT2D eigenvalue weighted by molar-refractivity contribution is -0.0498. The van der Waals surface area contributed by atoms with Crippen molar-refractivity contribution in [3.05, 3.63) is 70.0 Å². The van der Waals surface area contributed by atoms with Crippen LogP contribution in [0.3, 0.4) is 0 Å². The molecule has 1 aliphatic heterocycles. The molecule has 1 saturated heterocycles. The van der Waals surface area contributed by atoms with Gasteiger partial charge in [-0.1, -0.05) is 12.1 Å². The molecule has 1 amide bonds. The molecule has 1 aromatic carbocycles. The number of halogens is 2. The van der Waals surface area contributed by atoms with Gasteiger partial charge in [-0.05, 0) is 75.2 Å². The number of alkyl halides is 2. The maximum absolute atomic E-state index is 12.7. The molecule has 3 heterocycles. The minimum atomic E-state index is -2.86. The summed E-state index contributed by atoms with van der Waals surface area (Å²) in [5.74, 6) is 0.0812. The first kappa shape index (κ1) is 21.5. The second-order valence-electron chi connectivity index (χ2n) is 7.55. The zero-order chi connectivity index (χ0) is 22.0. The highest BCUT2D eigenvalue weighted by atomic mass is 32.1. The van der Waals surface area contributed by atoms with E-state index in [2.05, 4.69) is 21.9 Å². The van der Waals surface area contributed by atoms with Crippen molar-refractivity contribution < 1.29 is 22.7 Å². The first-order chi connectivity index (χ1) is 14.9. The fourth-order valence-electron chi connectivity index (χ4n) is 4.03. The average molecular weight is 447 g/mol. The molecule has 0 spiro atoms. The Morgan fingerprint density at radius 3 is 2.48 bits per heavy atom. The summed E-state index contributed by atoms with van der Waals surface area (Å²) in [7, 11) is 0. The van der Waals surface area contributed by atoms with E-state index in [-0.39, 0.29) is 23.5 Å². The Morgan fingerprint density at radius 1 is 1.16 bits per heavy atom. The van der Waals surface area contributed by atoms with Gasteiger partial charge in [-0.25, -0.2) is 0 Å². The number of rotatable bonds is 7. The topological polar surface area (TPSA) is 54.7 Å². The fraction of sp³-hybridized carbons (Fsp3) is 0.348. The molecular formula is C23H24F2N2O3S. The number of amides is 1. The van der Waals surface area contributed by atoms with E-state index in [0.29, 0.717) is 0 Å². The van der Waals surface area contributed by atoms with Gasteiger partial charge in [-0.3, -0.25) is 9.69 Å². The first-order valence-electron chi connectivity index (χ1n) is 10.2. The van der Waals surface area contributed by atoms with Gasteiger partial charge in [0, 0.05) is 10.4 Å². The van der Waals surface area contributed by atoms with Crippen LogP contribution >= 0.6 is 11.3 Å². The Hall–Kier alpha value is -2.71. The highest BCUT2D eigenvalue weighted by Gasteiger charge is 2.31. The number of hydrogen-bond acceptors (Lipinski definition) is 5. The van der Waals surface area contributed by atoms with Crippen LogP contribution in [0.1, 0.15) is 51.0 Å². The number of carbonyl (C=O) groups is 1. The van der Waals surface area contributed by atoms with E-state index < -0.39 is 6.61 Å². The van der Waals surface area contributed by atoms with Crippen LogP contribution in [0, 0.1) is 13.8 Å². The third kappa shape index (κ3) is 4.65. The van der Waals surface area contributed by atoms with Crippen molar-refractivity contribution in [1.82, 2.24) is 4.90 Å². The van der Waals surface area contributed by atoms with Crippen LogP contribution in [0.2, 0.25) is 0 Å². The molecule has 1 unspecified atom stereocenters. The summed E-state index contributed by atoms with van der Waals surface area (Å²) in [4.78, 5) is 16.2. The highest BCUT2D eigenvalue weighted by Crippen LogP contribution is 2.43. The molecule has 1 N–H and O–H groups in total. The smallest absolute Gasteiger partial charge is 0.387 e. The van der Waals surface area contributed by atoms with Crippen LogP contribution < -0.4 is 10.1 Å². The number of nitrogens with one attached hydrogen (secondary N) is 1. The molecule has 3 aromatic rings. The molecule has 4 rings (SSSR count). The van der Waals surface area contributed by atoms with Gasteiger partial charge in [0.05, 0.1) is 12.3 Å². The number of ether oxygens (including phenoxy) is 1. The minimum absolute atomic E-state index is 0.0973. The predicted molar refractivity (Wildman–Crippen MR) is 116 cm³/mol. The number of hydrogen-bond donors (Lipinski definition) is 1. The Balaban J connectivity index is 1.72. The van der Waals surface area contributed by atoms with Crippen molar-refractivity contribution in [3.8, 4) is 5.75 Å². The van der Waals surface area contributed by atoms with E-state index in [1.54, 1.807) is 24.3 Å². The van der Waals surface area contributed by atoms with Crippen LogP contribution in [-0.2, 0) is 0 Å². The van der Waals surface area contributed by atoms with Crippen molar-refractivity contribution in [2.24, 2.45) is 0 Å². The van der Waals surface area contributed by atoms with Gasteiger partial charge < -0.3 is 14.5 Å². The van der Waals surface area contributed by atoms with Gasteiger partial charge in [0.15, 0.2) is 5.76 Å². The summed E-state index contributed by atoms with van der Waals surface area (Å²) >= 11 is 1.54. The summed E-state index contributed by atoms with van der Waals surface area (Å²) in [5.41, 5.74) is 3.12. The molecule has 1 aliphatic rings. The molecule has 2 aromatic heterocycles. The number of anilines is 1. The van der Waals surface area contributed by atoms with Crippen LogP contribution in [-0.4, -0.2) is 30.5 Å². The third-order valence-corrected chi connectivity index (χ3v) is 6.74. The first-order valence-corrected chi connectivity index (χ1v) is 11.0. The van der Waals surface area contributed by atoms with Crippen molar-refractivity contribution >= 4 is 22.2 Å². The predicted octanol–water partition coefficient (Wildman–Crippen LogP) is 6.00. The number of nitrogens with zero attached hydrogens (tertiary/aromatic N) is 1. The Kier molecular flexibility index (Phi) is 6.38. The van der Waals surface area contributed by atoms with E-state index in [4.69, 9.17) is 4.42 Å². The largest absolute Gasteiger partial charge is 0.459 e. The van der Waals surface area contributed by atoms with Gasteiger partial charge in [0.1, 0.15) is 10.8 Å². The molecule has 0 saturated carbocycles. The van der Waals surface area contributed by atoms with Gasteiger partial charge >= 0.3 is 6.61 Å². The lowest BCUT2D eigenvalue weighted by Gasteiger charge is -2.29. The van der Waals surface area contributed by atoms with Crippen LogP contribution in [0.5, 0.6) is 5.75 Å². The molecule has 31 heavy (non-hydrogen) atoms.